The summed E-state index contributed by atoms with van der Waals surface area (Å²) in [6, 6.07) is 7.09. The third-order valence-corrected chi connectivity index (χ3v) is 4.77. The monoisotopic (exact) mass is 398 g/mol. The average Bonchev–Trinajstić information content (AvgIpc) is 3.02. The van der Waals surface area contributed by atoms with Crippen LogP contribution in [0.2, 0.25) is 0 Å². The van der Waals surface area contributed by atoms with Gasteiger partial charge in [0.1, 0.15) is 0 Å². The molecule has 8 heteroatoms. The number of hydrogen-bond acceptors (Lipinski definition) is 6. The maximum atomic E-state index is 11.9. The van der Waals surface area contributed by atoms with Gasteiger partial charge >= 0.3 is 0 Å². The minimum Gasteiger partial charge on any atom is -0.414 e. The van der Waals surface area contributed by atoms with Crippen LogP contribution in [0.15, 0.2) is 38.4 Å². The highest BCUT2D eigenvalue weighted by molar-refractivity contribution is 9.10. The summed E-state index contributed by atoms with van der Waals surface area (Å²) < 4.78 is 6.47. The van der Waals surface area contributed by atoms with Gasteiger partial charge in [-0.2, -0.15) is 0 Å². The predicted octanol–water partition coefficient (Wildman–Crippen LogP) is 3.61. The van der Waals surface area contributed by atoms with E-state index in [9.17, 15) is 4.79 Å². The highest BCUT2D eigenvalue weighted by Gasteiger charge is 2.20. The quantitative estimate of drug-likeness (QED) is 0.691. The van der Waals surface area contributed by atoms with Crippen LogP contribution in [0, 0.1) is 5.92 Å². The van der Waals surface area contributed by atoms with Crippen LogP contribution in [0.3, 0.4) is 0 Å². The van der Waals surface area contributed by atoms with E-state index in [1.54, 1.807) is 0 Å². The first-order valence-electron chi connectivity index (χ1n) is 7.26. The standard InChI is InChI=1S/C15H19BrN4O2S/c1-3-9(2)13(17)14-19-20-15(22-14)23-8-12(21)18-11-6-4-10(16)5-7-11/h4-7,9,13H,3,8,17H2,1-2H3,(H,18,21)/t9-,13-/m0/s1. The lowest BCUT2D eigenvalue weighted by Gasteiger charge is -2.13. The van der Waals surface area contributed by atoms with E-state index >= 15 is 0 Å². The van der Waals surface area contributed by atoms with Crippen LogP contribution < -0.4 is 11.1 Å². The molecule has 0 saturated carbocycles. The fraction of sp³-hybridized carbons (Fsp3) is 0.400. The summed E-state index contributed by atoms with van der Waals surface area (Å²) in [4.78, 5) is 11.9. The number of benzene rings is 1. The maximum Gasteiger partial charge on any atom is 0.277 e. The van der Waals surface area contributed by atoms with E-state index in [1.807, 2.05) is 31.2 Å². The number of nitrogens with zero attached hydrogens (tertiary/aromatic N) is 2. The number of aromatic nitrogens is 2. The minimum absolute atomic E-state index is 0.136. The Bertz CT molecular complexity index is 647. The molecule has 0 radical (unpaired) electrons. The van der Waals surface area contributed by atoms with Gasteiger partial charge in [0.15, 0.2) is 0 Å². The van der Waals surface area contributed by atoms with E-state index in [1.165, 1.54) is 11.8 Å². The largest absolute Gasteiger partial charge is 0.414 e. The number of thioether (sulfide) groups is 1. The van der Waals surface area contributed by atoms with Gasteiger partial charge in [-0.1, -0.05) is 48.0 Å². The van der Waals surface area contributed by atoms with Crippen LogP contribution in [0.5, 0.6) is 0 Å². The van der Waals surface area contributed by atoms with E-state index in [0.717, 1.165) is 16.6 Å². The number of carbonyl (C=O) groups excluding carboxylic acids is 1. The molecule has 6 nitrogen and oxygen atoms in total. The first-order valence-corrected chi connectivity index (χ1v) is 9.04. The van der Waals surface area contributed by atoms with Crippen LogP contribution >= 0.6 is 27.7 Å². The van der Waals surface area contributed by atoms with Crippen LogP contribution in [0.4, 0.5) is 5.69 Å². The van der Waals surface area contributed by atoms with E-state index in [2.05, 4.69) is 38.4 Å². The Morgan fingerprint density at radius 3 is 2.74 bits per heavy atom. The summed E-state index contributed by atoms with van der Waals surface area (Å²) in [5.74, 6) is 0.725. The van der Waals surface area contributed by atoms with Gasteiger partial charge in [0.2, 0.25) is 11.8 Å². The first-order chi connectivity index (χ1) is 11.0. The molecule has 0 fully saturated rings. The number of halogens is 1. The number of anilines is 1. The molecular weight excluding hydrogens is 380 g/mol. The van der Waals surface area contributed by atoms with Gasteiger partial charge in [-0.25, -0.2) is 0 Å². The smallest absolute Gasteiger partial charge is 0.277 e. The van der Waals surface area contributed by atoms with Crippen molar-refractivity contribution in [1.82, 2.24) is 10.2 Å². The third-order valence-electron chi connectivity index (χ3n) is 3.42. The number of rotatable bonds is 7. The van der Waals surface area contributed by atoms with E-state index in [4.69, 9.17) is 10.2 Å². The van der Waals surface area contributed by atoms with Crippen LogP contribution in [-0.4, -0.2) is 21.9 Å². The Labute approximate surface area is 147 Å². The minimum atomic E-state index is -0.279. The van der Waals surface area contributed by atoms with Crippen molar-refractivity contribution in [2.45, 2.75) is 31.5 Å². The molecule has 1 amide bonds. The predicted molar refractivity (Wildman–Crippen MR) is 94.2 cm³/mol. The van der Waals surface area contributed by atoms with Crippen molar-refractivity contribution >= 4 is 39.3 Å². The Hall–Kier alpha value is -1.38. The molecule has 0 aliphatic rings. The molecule has 1 aromatic carbocycles. The summed E-state index contributed by atoms with van der Waals surface area (Å²) in [7, 11) is 0. The molecule has 0 aliphatic carbocycles. The highest BCUT2D eigenvalue weighted by Crippen LogP contribution is 2.24. The Morgan fingerprint density at radius 1 is 1.39 bits per heavy atom. The number of nitrogens with two attached hydrogens (primary N) is 1. The molecule has 2 rings (SSSR count). The normalized spacial score (nSPS) is 13.6. The molecule has 124 valence electrons. The van der Waals surface area contributed by atoms with E-state index in [0.29, 0.717) is 11.1 Å². The molecule has 0 spiro atoms. The molecule has 2 atom stereocenters. The molecule has 2 aromatic rings. The van der Waals surface area contributed by atoms with Crippen LogP contribution in [-0.2, 0) is 4.79 Å². The second-order valence-electron chi connectivity index (χ2n) is 5.16. The van der Waals surface area contributed by atoms with E-state index in [-0.39, 0.29) is 23.6 Å². The summed E-state index contributed by atoms with van der Waals surface area (Å²) in [5.41, 5.74) is 6.78. The summed E-state index contributed by atoms with van der Waals surface area (Å²) in [6.45, 7) is 4.09. The number of carbonyl (C=O) groups is 1. The zero-order valence-corrected chi connectivity index (χ0v) is 15.4. The van der Waals surface area contributed by atoms with Crippen LogP contribution in [0.1, 0.15) is 32.2 Å². The molecule has 3 N–H and O–H groups in total. The molecular formula is C15H19BrN4O2S. The topological polar surface area (TPSA) is 94.0 Å². The number of hydrogen-bond donors (Lipinski definition) is 2. The summed E-state index contributed by atoms with van der Waals surface area (Å²) >= 11 is 4.54. The lowest BCUT2D eigenvalue weighted by Crippen LogP contribution is -2.18. The van der Waals surface area contributed by atoms with Gasteiger partial charge in [-0.05, 0) is 30.2 Å². The van der Waals surface area contributed by atoms with Gasteiger partial charge in [-0.15, -0.1) is 10.2 Å². The van der Waals surface area contributed by atoms with Crippen LogP contribution in [0.25, 0.3) is 0 Å². The van der Waals surface area contributed by atoms with Crippen molar-refractivity contribution in [3.05, 3.63) is 34.6 Å². The van der Waals surface area contributed by atoms with Gasteiger partial charge in [0.05, 0.1) is 11.8 Å². The van der Waals surface area contributed by atoms with Crippen molar-refractivity contribution < 1.29 is 9.21 Å². The van der Waals surface area contributed by atoms with Gasteiger partial charge < -0.3 is 15.5 Å². The zero-order chi connectivity index (χ0) is 16.8. The maximum absolute atomic E-state index is 11.9. The zero-order valence-electron chi connectivity index (χ0n) is 13.0. The van der Waals surface area contributed by atoms with Crippen molar-refractivity contribution in [3.8, 4) is 0 Å². The second-order valence-corrected chi connectivity index (χ2v) is 7.00. The Balaban J connectivity index is 1.85. The molecule has 1 aromatic heterocycles. The number of nitrogens with one attached hydrogen (secondary N) is 1. The molecule has 0 aliphatic heterocycles. The van der Waals surface area contributed by atoms with Crippen molar-refractivity contribution in [1.29, 1.82) is 0 Å². The lowest BCUT2D eigenvalue weighted by atomic mass is 10.0. The molecule has 1 heterocycles. The van der Waals surface area contributed by atoms with Gasteiger partial charge in [-0.3, -0.25) is 4.79 Å². The fourth-order valence-corrected chi connectivity index (χ4v) is 2.60. The summed E-state index contributed by atoms with van der Waals surface area (Å²) in [6.07, 6.45) is 0.932. The lowest BCUT2D eigenvalue weighted by molar-refractivity contribution is -0.113. The first kappa shape index (κ1) is 18.0. The number of amides is 1. The molecule has 23 heavy (non-hydrogen) atoms. The van der Waals surface area contributed by atoms with E-state index < -0.39 is 0 Å². The molecule has 0 bridgehead atoms. The Morgan fingerprint density at radius 2 is 2.09 bits per heavy atom. The molecule has 0 saturated heterocycles. The van der Waals surface area contributed by atoms with Crippen molar-refractivity contribution in [2.24, 2.45) is 11.7 Å². The average molecular weight is 399 g/mol. The Kier molecular flexibility index (Phi) is 6.61. The van der Waals surface area contributed by atoms with Gasteiger partial charge in [0.25, 0.3) is 5.22 Å². The van der Waals surface area contributed by atoms with Crippen molar-refractivity contribution in [2.75, 3.05) is 11.1 Å². The molecule has 0 unspecified atom stereocenters. The fourth-order valence-electron chi connectivity index (χ4n) is 1.77. The van der Waals surface area contributed by atoms with Crippen molar-refractivity contribution in [3.63, 3.8) is 0 Å². The second kappa shape index (κ2) is 8.47. The third kappa shape index (κ3) is 5.33. The SMILES string of the molecule is CC[C@H](C)[C@H](N)c1nnc(SCC(=O)Nc2ccc(Br)cc2)o1. The van der Waals surface area contributed by atoms with Gasteiger partial charge in [0, 0.05) is 10.2 Å². The summed E-state index contributed by atoms with van der Waals surface area (Å²) in [5, 5.41) is 11.0. The highest BCUT2D eigenvalue weighted by atomic mass is 79.9.